The third kappa shape index (κ3) is 3.99. The minimum atomic E-state index is -0.188. The molecule has 0 aliphatic carbocycles. The maximum Gasteiger partial charge on any atom is 0.225 e. The molecule has 1 atom stereocenters. The van der Waals surface area contributed by atoms with Crippen LogP contribution in [0.5, 0.6) is 0 Å². The summed E-state index contributed by atoms with van der Waals surface area (Å²) >= 11 is 0. The molecule has 0 bridgehead atoms. The zero-order chi connectivity index (χ0) is 17.8. The molecule has 25 heavy (non-hydrogen) atoms. The molecular weight excluding hydrogens is 318 g/mol. The van der Waals surface area contributed by atoms with E-state index in [-0.39, 0.29) is 17.7 Å². The summed E-state index contributed by atoms with van der Waals surface area (Å²) in [5, 5.41) is 8.15. The minimum absolute atomic E-state index is 0.00961. The summed E-state index contributed by atoms with van der Waals surface area (Å²) in [6, 6.07) is 7.97. The Kier molecular flexibility index (Phi) is 5.33. The first-order chi connectivity index (χ1) is 12.1. The van der Waals surface area contributed by atoms with Crippen molar-refractivity contribution in [2.75, 3.05) is 40.3 Å². The van der Waals surface area contributed by atoms with E-state index in [9.17, 15) is 9.59 Å². The molecule has 2 heterocycles. The number of benzene rings is 1. The van der Waals surface area contributed by atoms with Gasteiger partial charge in [0, 0.05) is 45.0 Å². The van der Waals surface area contributed by atoms with Crippen LogP contribution in [0.25, 0.3) is 10.9 Å². The van der Waals surface area contributed by atoms with Crippen molar-refractivity contribution in [3.05, 3.63) is 30.5 Å². The van der Waals surface area contributed by atoms with Crippen molar-refractivity contribution in [1.29, 1.82) is 0 Å². The highest BCUT2D eigenvalue weighted by Crippen LogP contribution is 2.14. The summed E-state index contributed by atoms with van der Waals surface area (Å²) in [5.74, 6) is -0.125. The van der Waals surface area contributed by atoms with Gasteiger partial charge in [0.25, 0.3) is 0 Å². The lowest BCUT2D eigenvalue weighted by atomic mass is 10.1. The molecule has 1 aliphatic rings. The first kappa shape index (κ1) is 17.4. The van der Waals surface area contributed by atoms with Crippen LogP contribution in [0.3, 0.4) is 0 Å². The molecule has 2 aromatic rings. The Morgan fingerprint density at radius 1 is 1.24 bits per heavy atom. The molecule has 0 radical (unpaired) electrons. The molecule has 1 unspecified atom stereocenters. The van der Waals surface area contributed by atoms with Gasteiger partial charge in [-0.15, -0.1) is 0 Å². The van der Waals surface area contributed by atoms with Gasteiger partial charge in [-0.3, -0.25) is 14.3 Å². The van der Waals surface area contributed by atoms with Crippen molar-refractivity contribution in [2.45, 2.75) is 13.0 Å². The first-order valence-corrected chi connectivity index (χ1v) is 8.67. The van der Waals surface area contributed by atoms with Gasteiger partial charge in [0.2, 0.25) is 11.8 Å². The number of aryl methyl sites for hydroxylation is 1. The molecule has 2 amide bonds. The number of rotatable bonds is 4. The second kappa shape index (κ2) is 7.65. The molecule has 7 heteroatoms. The van der Waals surface area contributed by atoms with Crippen molar-refractivity contribution >= 4 is 22.7 Å². The first-order valence-electron chi connectivity index (χ1n) is 8.67. The second-order valence-electron chi connectivity index (χ2n) is 6.59. The van der Waals surface area contributed by atoms with Crippen LogP contribution in [0.1, 0.15) is 6.42 Å². The number of nitrogens with one attached hydrogen (secondary N) is 1. The highest BCUT2D eigenvalue weighted by Gasteiger charge is 2.28. The number of amides is 2. The molecule has 1 aromatic heterocycles. The number of hydrogen-bond donors (Lipinski definition) is 1. The van der Waals surface area contributed by atoms with Crippen molar-refractivity contribution in [3.8, 4) is 0 Å². The Morgan fingerprint density at radius 2 is 2.04 bits per heavy atom. The third-order valence-corrected chi connectivity index (χ3v) is 4.78. The predicted molar refractivity (Wildman–Crippen MR) is 96.0 cm³/mol. The number of fused-ring (bicyclic) bond motifs is 1. The molecule has 134 valence electrons. The van der Waals surface area contributed by atoms with Gasteiger partial charge in [0.1, 0.15) is 0 Å². The minimum Gasteiger partial charge on any atom is -0.359 e. The molecular formula is C18H25N5O2. The van der Waals surface area contributed by atoms with Crippen molar-refractivity contribution in [1.82, 2.24) is 24.9 Å². The summed E-state index contributed by atoms with van der Waals surface area (Å²) in [7, 11) is 3.63. The smallest absolute Gasteiger partial charge is 0.225 e. The summed E-state index contributed by atoms with van der Waals surface area (Å²) in [6.07, 6.45) is 2.21. The van der Waals surface area contributed by atoms with Crippen molar-refractivity contribution < 1.29 is 9.59 Å². The van der Waals surface area contributed by atoms with Crippen LogP contribution in [0, 0.1) is 5.92 Å². The van der Waals surface area contributed by atoms with E-state index in [0.29, 0.717) is 32.6 Å². The Morgan fingerprint density at radius 3 is 2.84 bits per heavy atom. The molecule has 1 N–H and O–H groups in total. The number of carbonyl (C=O) groups is 2. The van der Waals surface area contributed by atoms with Crippen LogP contribution in [-0.4, -0.2) is 71.7 Å². The average Bonchev–Trinajstić information content (AvgIpc) is 2.93. The summed E-state index contributed by atoms with van der Waals surface area (Å²) in [4.78, 5) is 28.6. The van der Waals surface area contributed by atoms with Crippen LogP contribution in [0.4, 0.5) is 0 Å². The number of para-hydroxylation sites is 1. The lowest BCUT2D eigenvalue weighted by molar-refractivity contribution is -0.133. The van der Waals surface area contributed by atoms with E-state index in [1.807, 2.05) is 47.1 Å². The fourth-order valence-corrected chi connectivity index (χ4v) is 3.33. The Balaban J connectivity index is 1.64. The number of nitrogens with zero attached hydrogens (tertiary/aromatic N) is 4. The number of likely N-dealkylation sites (N-methyl/N-ethyl adjacent to an activating group) is 1. The van der Waals surface area contributed by atoms with E-state index in [0.717, 1.165) is 17.4 Å². The molecule has 0 spiro atoms. The summed E-state index contributed by atoms with van der Waals surface area (Å²) < 4.78 is 1.87. The third-order valence-electron chi connectivity index (χ3n) is 4.78. The van der Waals surface area contributed by atoms with Gasteiger partial charge in [-0.25, -0.2) is 0 Å². The molecule has 1 saturated heterocycles. The lowest BCUT2D eigenvalue weighted by Gasteiger charge is -2.23. The standard InChI is InChI=1S/C18H25N5O2/c1-19-18(25)15-12-21(2)9-10-22(13-15)17(24)7-8-23-16-6-4-3-5-14(16)11-20-23/h3-6,11,15H,7-10,12-13H2,1-2H3,(H,19,25). The SMILES string of the molecule is CNC(=O)C1CN(C)CCN(C(=O)CCn2ncc3ccccc32)C1. The number of hydrogen-bond acceptors (Lipinski definition) is 4. The van der Waals surface area contributed by atoms with Gasteiger partial charge in [0.15, 0.2) is 0 Å². The maximum atomic E-state index is 12.7. The van der Waals surface area contributed by atoms with Gasteiger partial charge >= 0.3 is 0 Å². The largest absolute Gasteiger partial charge is 0.359 e. The quantitative estimate of drug-likeness (QED) is 0.881. The van der Waals surface area contributed by atoms with Crippen LogP contribution in [0.2, 0.25) is 0 Å². The number of carbonyl (C=O) groups excluding carboxylic acids is 2. The van der Waals surface area contributed by atoms with Crippen LogP contribution < -0.4 is 5.32 Å². The van der Waals surface area contributed by atoms with E-state index in [1.165, 1.54) is 0 Å². The molecule has 3 rings (SSSR count). The van der Waals surface area contributed by atoms with Crippen LogP contribution in [-0.2, 0) is 16.1 Å². The van der Waals surface area contributed by atoms with E-state index < -0.39 is 0 Å². The van der Waals surface area contributed by atoms with Gasteiger partial charge < -0.3 is 15.1 Å². The monoisotopic (exact) mass is 343 g/mol. The molecule has 1 aliphatic heterocycles. The predicted octanol–water partition coefficient (Wildman–Crippen LogP) is 0.563. The lowest BCUT2D eigenvalue weighted by Crippen LogP contribution is -2.41. The van der Waals surface area contributed by atoms with Crippen LogP contribution >= 0.6 is 0 Å². The van der Waals surface area contributed by atoms with Crippen molar-refractivity contribution in [3.63, 3.8) is 0 Å². The average molecular weight is 343 g/mol. The topological polar surface area (TPSA) is 70.5 Å². The molecule has 1 fully saturated rings. The zero-order valence-electron chi connectivity index (χ0n) is 14.8. The Hall–Kier alpha value is -2.41. The molecule has 1 aromatic carbocycles. The van der Waals surface area contributed by atoms with Gasteiger partial charge in [-0.1, -0.05) is 18.2 Å². The maximum absolute atomic E-state index is 12.7. The highest BCUT2D eigenvalue weighted by molar-refractivity contribution is 5.81. The van der Waals surface area contributed by atoms with E-state index in [2.05, 4.69) is 15.3 Å². The highest BCUT2D eigenvalue weighted by atomic mass is 16.2. The molecule has 7 nitrogen and oxygen atoms in total. The van der Waals surface area contributed by atoms with E-state index in [4.69, 9.17) is 0 Å². The Bertz CT molecular complexity index is 757. The van der Waals surface area contributed by atoms with E-state index in [1.54, 1.807) is 7.05 Å². The second-order valence-corrected chi connectivity index (χ2v) is 6.59. The number of aromatic nitrogens is 2. The summed E-state index contributed by atoms with van der Waals surface area (Å²) in [5.41, 5.74) is 1.04. The Labute approximate surface area is 147 Å². The van der Waals surface area contributed by atoms with E-state index >= 15 is 0 Å². The van der Waals surface area contributed by atoms with Gasteiger partial charge in [0.05, 0.1) is 24.2 Å². The summed E-state index contributed by atoms with van der Waals surface area (Å²) in [6.45, 7) is 3.13. The fourth-order valence-electron chi connectivity index (χ4n) is 3.33. The zero-order valence-corrected chi connectivity index (χ0v) is 14.8. The van der Waals surface area contributed by atoms with Crippen LogP contribution in [0.15, 0.2) is 30.5 Å². The van der Waals surface area contributed by atoms with Gasteiger partial charge in [-0.05, 0) is 13.1 Å². The molecule has 0 saturated carbocycles. The normalized spacial score (nSPS) is 19.0. The van der Waals surface area contributed by atoms with Gasteiger partial charge in [-0.2, -0.15) is 5.10 Å². The van der Waals surface area contributed by atoms with Crippen molar-refractivity contribution in [2.24, 2.45) is 5.92 Å². The fraction of sp³-hybridized carbons (Fsp3) is 0.500.